The van der Waals surface area contributed by atoms with E-state index in [-0.39, 0.29) is 0 Å². The highest BCUT2D eigenvalue weighted by atomic mass is 35.5. The fraction of sp³-hybridized carbons (Fsp3) is 0.235. The Morgan fingerprint density at radius 2 is 2.00 bits per heavy atom. The molecule has 0 atom stereocenters. The van der Waals surface area contributed by atoms with Crippen LogP contribution in [-0.2, 0) is 12.6 Å². The highest BCUT2D eigenvalue weighted by Gasteiger charge is 2.24. The second kappa shape index (κ2) is 5.79. The smallest absolute Gasteiger partial charge is 0.312 e. The van der Waals surface area contributed by atoms with Crippen LogP contribution in [0.25, 0.3) is 21.9 Å². The number of pyridine rings is 1. The number of aromatic nitrogens is 3. The van der Waals surface area contributed by atoms with E-state index in [1.165, 1.54) is 0 Å². The molecule has 1 aromatic carbocycles. The number of rotatable bonds is 3. The lowest BCUT2D eigenvalue weighted by Gasteiger charge is -2.25. The fourth-order valence-corrected chi connectivity index (χ4v) is 2.94. The molecule has 0 aliphatic rings. The van der Waals surface area contributed by atoms with E-state index >= 15 is 0 Å². The Labute approximate surface area is 144 Å². The van der Waals surface area contributed by atoms with Crippen LogP contribution in [0, 0.1) is 0 Å². The molecule has 3 aromatic rings. The van der Waals surface area contributed by atoms with Gasteiger partial charge in [-0.25, -0.2) is 4.79 Å². The van der Waals surface area contributed by atoms with E-state index in [4.69, 9.17) is 17.3 Å². The summed E-state index contributed by atoms with van der Waals surface area (Å²) in [5, 5.41) is 9.29. The molecule has 0 aliphatic carbocycles. The third-order valence-electron chi connectivity index (χ3n) is 3.90. The zero-order chi connectivity index (χ0) is 17.5. The lowest BCUT2D eigenvalue weighted by molar-refractivity contribution is 0.238. The molecule has 0 unspecified atom stereocenters. The molecule has 0 saturated heterocycles. The van der Waals surface area contributed by atoms with E-state index in [9.17, 15) is 4.79 Å². The van der Waals surface area contributed by atoms with Crippen molar-refractivity contribution in [3.8, 4) is 11.1 Å². The van der Waals surface area contributed by atoms with E-state index in [0.29, 0.717) is 10.7 Å². The number of amides is 2. The van der Waals surface area contributed by atoms with Crippen LogP contribution in [0.15, 0.2) is 36.8 Å². The summed E-state index contributed by atoms with van der Waals surface area (Å²) in [5.41, 5.74) is 7.22. The minimum atomic E-state index is -0.684. The summed E-state index contributed by atoms with van der Waals surface area (Å²) in [7, 11) is 1.87. The van der Waals surface area contributed by atoms with E-state index in [2.05, 4.69) is 15.4 Å². The summed E-state index contributed by atoms with van der Waals surface area (Å²) in [6.45, 7) is 3.69. The summed E-state index contributed by atoms with van der Waals surface area (Å²) in [4.78, 5) is 15.6. The third-order valence-corrected chi connectivity index (χ3v) is 4.21. The molecule has 124 valence electrons. The SMILES string of the molecule is Cn1cc(-c2cc(Cl)c3cnc(C(C)(C)NC(N)=O)cc3c2)cn1. The molecule has 24 heavy (non-hydrogen) atoms. The Morgan fingerprint density at radius 3 is 2.62 bits per heavy atom. The van der Waals surface area contributed by atoms with Gasteiger partial charge in [-0.05, 0) is 43.0 Å². The third kappa shape index (κ3) is 3.05. The van der Waals surface area contributed by atoms with Gasteiger partial charge < -0.3 is 11.1 Å². The Balaban J connectivity index is 2.12. The van der Waals surface area contributed by atoms with Crippen LogP contribution < -0.4 is 11.1 Å². The predicted octanol–water partition coefficient (Wildman–Crippen LogP) is 3.19. The number of carbonyl (C=O) groups excluding carboxylic acids is 1. The Kier molecular flexibility index (Phi) is 3.93. The number of hydrogen-bond acceptors (Lipinski definition) is 3. The number of nitrogens with two attached hydrogens (primary N) is 1. The van der Waals surface area contributed by atoms with Crippen LogP contribution in [-0.4, -0.2) is 20.8 Å². The van der Waals surface area contributed by atoms with Crippen LogP contribution in [0.2, 0.25) is 5.02 Å². The standard InChI is InChI=1S/C17H18ClN5O/c1-17(2,22-16(19)24)15-6-11-4-10(12-7-21-23(3)9-12)5-14(18)13(11)8-20-15/h4-9H,1-3H3,(H3,19,22,24). The number of nitrogens with one attached hydrogen (secondary N) is 1. The number of fused-ring (bicyclic) bond motifs is 1. The molecule has 0 bridgehead atoms. The van der Waals surface area contributed by atoms with Gasteiger partial charge >= 0.3 is 6.03 Å². The highest BCUT2D eigenvalue weighted by molar-refractivity contribution is 6.35. The predicted molar refractivity (Wildman–Crippen MR) is 94.7 cm³/mol. The molecule has 6 nitrogen and oxygen atoms in total. The first-order valence-electron chi connectivity index (χ1n) is 7.43. The van der Waals surface area contributed by atoms with Crippen molar-refractivity contribution in [1.29, 1.82) is 0 Å². The van der Waals surface area contributed by atoms with E-state index < -0.39 is 11.6 Å². The Hall–Kier alpha value is -2.60. The number of aryl methyl sites for hydroxylation is 1. The minimum absolute atomic E-state index is 0.593. The highest BCUT2D eigenvalue weighted by Crippen LogP contribution is 2.32. The lowest BCUT2D eigenvalue weighted by atomic mass is 9.97. The molecule has 0 spiro atoms. The fourth-order valence-electron chi connectivity index (χ4n) is 2.66. The normalized spacial score (nSPS) is 11.7. The monoisotopic (exact) mass is 343 g/mol. The van der Waals surface area contributed by atoms with Crippen molar-refractivity contribution in [2.45, 2.75) is 19.4 Å². The maximum absolute atomic E-state index is 11.2. The first-order chi connectivity index (χ1) is 11.3. The average Bonchev–Trinajstić information content (AvgIpc) is 2.92. The number of benzene rings is 1. The van der Waals surface area contributed by atoms with Crippen molar-refractivity contribution in [2.75, 3.05) is 0 Å². The Morgan fingerprint density at radius 1 is 1.25 bits per heavy atom. The molecular weight excluding hydrogens is 326 g/mol. The van der Waals surface area contributed by atoms with Crippen LogP contribution in [0.1, 0.15) is 19.5 Å². The topological polar surface area (TPSA) is 85.8 Å². The van der Waals surface area contributed by atoms with Gasteiger partial charge in [-0.2, -0.15) is 5.10 Å². The van der Waals surface area contributed by atoms with Crippen molar-refractivity contribution >= 4 is 28.4 Å². The van der Waals surface area contributed by atoms with Gasteiger partial charge in [0.25, 0.3) is 0 Å². The summed E-state index contributed by atoms with van der Waals surface area (Å²) < 4.78 is 1.74. The first-order valence-corrected chi connectivity index (χ1v) is 7.80. The Bertz CT molecular complexity index is 932. The molecule has 2 aromatic heterocycles. The second-order valence-electron chi connectivity index (χ2n) is 6.27. The zero-order valence-electron chi connectivity index (χ0n) is 13.7. The van der Waals surface area contributed by atoms with Gasteiger partial charge in [0.15, 0.2) is 0 Å². The van der Waals surface area contributed by atoms with Crippen LogP contribution in [0.3, 0.4) is 0 Å². The number of carbonyl (C=O) groups is 1. The van der Waals surface area contributed by atoms with Crippen LogP contribution in [0.5, 0.6) is 0 Å². The zero-order valence-corrected chi connectivity index (χ0v) is 14.4. The molecule has 0 radical (unpaired) electrons. The van der Waals surface area contributed by atoms with E-state index in [1.54, 1.807) is 17.1 Å². The van der Waals surface area contributed by atoms with Crippen molar-refractivity contribution in [3.63, 3.8) is 0 Å². The molecular formula is C17H18ClN5O. The second-order valence-corrected chi connectivity index (χ2v) is 6.67. The van der Waals surface area contributed by atoms with Gasteiger partial charge in [0.1, 0.15) is 0 Å². The molecule has 7 heteroatoms. The number of urea groups is 1. The van der Waals surface area contributed by atoms with Crippen molar-refractivity contribution in [2.24, 2.45) is 12.8 Å². The van der Waals surface area contributed by atoms with Gasteiger partial charge in [-0.15, -0.1) is 0 Å². The van der Waals surface area contributed by atoms with Gasteiger partial charge in [-0.3, -0.25) is 9.67 Å². The van der Waals surface area contributed by atoms with Crippen molar-refractivity contribution in [1.82, 2.24) is 20.1 Å². The maximum Gasteiger partial charge on any atom is 0.312 e. The van der Waals surface area contributed by atoms with E-state index in [0.717, 1.165) is 21.9 Å². The quantitative estimate of drug-likeness (QED) is 0.765. The molecule has 3 rings (SSSR count). The van der Waals surface area contributed by atoms with Crippen molar-refractivity contribution in [3.05, 3.63) is 47.5 Å². The molecule has 0 saturated carbocycles. The maximum atomic E-state index is 11.2. The van der Waals surface area contributed by atoms with Gasteiger partial charge in [-0.1, -0.05) is 11.6 Å². The van der Waals surface area contributed by atoms with Crippen LogP contribution >= 0.6 is 11.6 Å². The summed E-state index contributed by atoms with van der Waals surface area (Å²) in [5.74, 6) is 0. The summed E-state index contributed by atoms with van der Waals surface area (Å²) >= 11 is 6.41. The summed E-state index contributed by atoms with van der Waals surface area (Å²) in [6, 6.07) is 5.25. The van der Waals surface area contributed by atoms with Gasteiger partial charge in [0.2, 0.25) is 0 Å². The van der Waals surface area contributed by atoms with Gasteiger partial charge in [0.05, 0.1) is 22.5 Å². The molecule has 0 fully saturated rings. The first kappa shape index (κ1) is 16.3. The number of hydrogen-bond donors (Lipinski definition) is 2. The average molecular weight is 344 g/mol. The van der Waals surface area contributed by atoms with Gasteiger partial charge in [0, 0.05) is 30.4 Å². The largest absolute Gasteiger partial charge is 0.352 e. The van der Waals surface area contributed by atoms with E-state index in [1.807, 2.05) is 45.3 Å². The van der Waals surface area contributed by atoms with Crippen LogP contribution in [0.4, 0.5) is 4.79 Å². The summed E-state index contributed by atoms with van der Waals surface area (Å²) in [6.07, 6.45) is 5.43. The number of primary amides is 1. The lowest BCUT2D eigenvalue weighted by Crippen LogP contribution is -2.44. The molecule has 0 aliphatic heterocycles. The molecule has 3 N–H and O–H groups in total. The number of nitrogens with zero attached hydrogens (tertiary/aromatic N) is 3. The van der Waals surface area contributed by atoms with Crippen molar-refractivity contribution < 1.29 is 4.79 Å². The minimum Gasteiger partial charge on any atom is -0.352 e. The number of halogens is 1. The molecule has 2 amide bonds. The molecule has 2 heterocycles.